The number of aromatic amines is 1. The molecule has 4 aromatic rings. The second-order valence-corrected chi connectivity index (χ2v) is 10.4. The van der Waals surface area contributed by atoms with Gasteiger partial charge in [-0.1, -0.05) is 18.2 Å². The molecule has 188 valence electrons. The Kier molecular flexibility index (Phi) is 6.08. The molecule has 2 aromatic carbocycles. The predicted octanol–water partition coefficient (Wildman–Crippen LogP) is 4.47. The van der Waals surface area contributed by atoms with Crippen molar-refractivity contribution in [2.75, 3.05) is 18.4 Å². The van der Waals surface area contributed by atoms with Crippen molar-refractivity contribution in [2.24, 2.45) is 0 Å². The van der Waals surface area contributed by atoms with Crippen LogP contribution in [-0.2, 0) is 16.2 Å². The number of nitrogens with zero attached hydrogens (tertiary/aromatic N) is 2. The van der Waals surface area contributed by atoms with Crippen LogP contribution in [-0.4, -0.2) is 41.8 Å². The molecule has 2 aromatic heterocycles. The lowest BCUT2D eigenvalue weighted by Gasteiger charge is -2.32. The third-order valence-electron chi connectivity index (χ3n) is 6.14. The molecule has 0 atom stereocenters. The number of anilines is 1. The minimum absolute atomic E-state index is 0.105. The molecule has 0 spiro atoms. The zero-order chi connectivity index (χ0) is 25.5. The van der Waals surface area contributed by atoms with Crippen LogP contribution in [0.4, 0.5) is 19.0 Å². The molecule has 3 heterocycles. The van der Waals surface area contributed by atoms with E-state index >= 15 is 0 Å². The second-order valence-electron chi connectivity index (χ2n) is 8.50. The summed E-state index contributed by atoms with van der Waals surface area (Å²) in [6.45, 7) is 0.539. The Morgan fingerprint density at radius 2 is 1.69 bits per heavy atom. The first-order valence-electron chi connectivity index (χ1n) is 11.1. The number of halogens is 3. The van der Waals surface area contributed by atoms with E-state index in [-0.39, 0.29) is 24.0 Å². The lowest BCUT2D eigenvalue weighted by molar-refractivity contribution is -0.137. The van der Waals surface area contributed by atoms with Crippen molar-refractivity contribution in [3.63, 3.8) is 0 Å². The van der Waals surface area contributed by atoms with Crippen LogP contribution in [0.5, 0.6) is 0 Å². The highest BCUT2D eigenvalue weighted by Gasteiger charge is 2.32. The number of oxazole rings is 1. The van der Waals surface area contributed by atoms with Gasteiger partial charge < -0.3 is 9.73 Å². The number of hydrogen-bond acceptors (Lipinski definition) is 6. The summed E-state index contributed by atoms with van der Waals surface area (Å²) in [4.78, 5) is 17.9. The maximum atomic E-state index is 13.1. The Morgan fingerprint density at radius 1 is 1.00 bits per heavy atom. The van der Waals surface area contributed by atoms with Gasteiger partial charge in [-0.25, -0.2) is 18.2 Å². The van der Waals surface area contributed by atoms with Gasteiger partial charge in [0.2, 0.25) is 10.0 Å². The maximum absolute atomic E-state index is 13.1. The van der Waals surface area contributed by atoms with Crippen LogP contribution in [0.3, 0.4) is 0 Å². The summed E-state index contributed by atoms with van der Waals surface area (Å²) < 4.78 is 70.9. The Bertz CT molecular complexity index is 1540. The van der Waals surface area contributed by atoms with Crippen molar-refractivity contribution in [1.29, 1.82) is 0 Å². The number of piperidine rings is 1. The zero-order valence-corrected chi connectivity index (χ0v) is 19.6. The number of sulfonamides is 1. The largest absolute Gasteiger partial charge is 0.417 e. The van der Waals surface area contributed by atoms with Crippen LogP contribution in [0.25, 0.3) is 22.2 Å². The normalized spacial score (nSPS) is 15.9. The standard InChI is InChI=1S/C24H21F3N4O4S/c25-24(26,27)17-4-8-22(28-14-17)29-18-9-11-31(12-10-18)36(33,34)19-5-1-15(2-6-19)16-3-7-20-21(13-16)35-23(32)30-20/h1-8,13-14,18H,9-12H2,(H,28,29)(H,30,32). The topological polar surface area (TPSA) is 108 Å². The van der Waals surface area contributed by atoms with Crippen LogP contribution in [0.15, 0.2) is 74.9 Å². The quantitative estimate of drug-likeness (QED) is 0.404. The Morgan fingerprint density at radius 3 is 2.33 bits per heavy atom. The summed E-state index contributed by atoms with van der Waals surface area (Å²) in [5.41, 5.74) is 1.72. The molecule has 12 heteroatoms. The monoisotopic (exact) mass is 518 g/mol. The van der Waals surface area contributed by atoms with Crippen molar-refractivity contribution in [3.05, 3.63) is 76.9 Å². The number of hydrogen-bond donors (Lipinski definition) is 2. The Balaban J connectivity index is 1.23. The molecule has 0 bridgehead atoms. The van der Waals surface area contributed by atoms with Gasteiger partial charge in [-0.05, 0) is 60.4 Å². The summed E-state index contributed by atoms with van der Waals surface area (Å²) in [5, 5.41) is 3.08. The predicted molar refractivity (Wildman–Crippen MR) is 127 cm³/mol. The van der Waals surface area contributed by atoms with Gasteiger partial charge in [-0.2, -0.15) is 17.5 Å². The summed E-state index contributed by atoms with van der Waals surface area (Å²) in [5.74, 6) is -0.227. The molecule has 0 aliphatic carbocycles. The van der Waals surface area contributed by atoms with Crippen LogP contribution < -0.4 is 11.1 Å². The van der Waals surface area contributed by atoms with Crippen LogP contribution >= 0.6 is 0 Å². The number of benzene rings is 2. The molecular weight excluding hydrogens is 497 g/mol. The lowest BCUT2D eigenvalue weighted by Crippen LogP contribution is -2.42. The molecule has 0 unspecified atom stereocenters. The number of H-pyrrole nitrogens is 1. The molecule has 8 nitrogen and oxygen atoms in total. The molecule has 1 saturated heterocycles. The van der Waals surface area contributed by atoms with Crippen molar-refractivity contribution in [2.45, 2.75) is 30.0 Å². The fraction of sp³-hybridized carbons (Fsp3) is 0.250. The number of aromatic nitrogens is 2. The number of nitrogens with one attached hydrogen (secondary N) is 2. The van der Waals surface area contributed by atoms with Crippen molar-refractivity contribution >= 4 is 26.9 Å². The Hall–Kier alpha value is -3.64. The van der Waals surface area contributed by atoms with Crippen LogP contribution in [0.1, 0.15) is 18.4 Å². The molecule has 5 rings (SSSR count). The summed E-state index contributed by atoms with van der Waals surface area (Å²) in [6, 6.07) is 13.8. The van der Waals surface area contributed by atoms with E-state index in [0.29, 0.717) is 29.8 Å². The lowest BCUT2D eigenvalue weighted by atomic mass is 10.1. The van der Waals surface area contributed by atoms with E-state index in [4.69, 9.17) is 4.42 Å². The molecule has 0 amide bonds. The summed E-state index contributed by atoms with van der Waals surface area (Å²) in [7, 11) is -3.71. The third kappa shape index (κ3) is 4.86. The first kappa shape index (κ1) is 24.1. The highest BCUT2D eigenvalue weighted by atomic mass is 32.2. The van der Waals surface area contributed by atoms with Crippen molar-refractivity contribution in [1.82, 2.24) is 14.3 Å². The molecule has 0 radical (unpaired) electrons. The highest BCUT2D eigenvalue weighted by Crippen LogP contribution is 2.30. The van der Waals surface area contributed by atoms with Crippen LogP contribution in [0, 0.1) is 0 Å². The van der Waals surface area contributed by atoms with E-state index in [2.05, 4.69) is 15.3 Å². The first-order valence-corrected chi connectivity index (χ1v) is 12.6. The smallest absolute Gasteiger partial charge is 0.408 e. The van der Waals surface area contributed by atoms with Gasteiger partial charge in [0.15, 0.2) is 5.58 Å². The number of fused-ring (bicyclic) bond motifs is 1. The van der Waals surface area contributed by atoms with Gasteiger partial charge in [-0.3, -0.25) is 4.98 Å². The highest BCUT2D eigenvalue weighted by molar-refractivity contribution is 7.89. The van der Waals surface area contributed by atoms with E-state index < -0.39 is 27.5 Å². The molecule has 1 aliphatic rings. The van der Waals surface area contributed by atoms with Gasteiger partial charge in [-0.15, -0.1) is 0 Å². The minimum Gasteiger partial charge on any atom is -0.408 e. The van der Waals surface area contributed by atoms with Gasteiger partial charge >= 0.3 is 11.9 Å². The number of pyridine rings is 1. The first-order chi connectivity index (χ1) is 17.1. The van der Waals surface area contributed by atoms with E-state index in [1.165, 1.54) is 10.4 Å². The average Bonchev–Trinajstić information content (AvgIpc) is 3.23. The maximum Gasteiger partial charge on any atom is 0.417 e. The summed E-state index contributed by atoms with van der Waals surface area (Å²) in [6.07, 6.45) is -2.70. The molecular formula is C24H21F3N4O4S. The molecule has 1 aliphatic heterocycles. The second kappa shape index (κ2) is 9.10. The van der Waals surface area contributed by atoms with Gasteiger partial charge in [0.05, 0.1) is 16.0 Å². The van der Waals surface area contributed by atoms with E-state index in [0.717, 1.165) is 23.4 Å². The average molecular weight is 519 g/mol. The fourth-order valence-electron chi connectivity index (χ4n) is 4.19. The third-order valence-corrected chi connectivity index (χ3v) is 8.06. The fourth-order valence-corrected chi connectivity index (χ4v) is 5.66. The zero-order valence-electron chi connectivity index (χ0n) is 18.7. The summed E-state index contributed by atoms with van der Waals surface area (Å²) >= 11 is 0. The molecule has 2 N–H and O–H groups in total. The van der Waals surface area contributed by atoms with E-state index in [1.54, 1.807) is 42.5 Å². The minimum atomic E-state index is -4.45. The molecule has 1 fully saturated rings. The molecule has 0 saturated carbocycles. The van der Waals surface area contributed by atoms with Crippen molar-refractivity contribution < 1.29 is 26.0 Å². The van der Waals surface area contributed by atoms with Gasteiger partial charge in [0.25, 0.3) is 0 Å². The van der Waals surface area contributed by atoms with Gasteiger partial charge in [0, 0.05) is 25.3 Å². The van der Waals surface area contributed by atoms with E-state index in [9.17, 15) is 26.4 Å². The number of rotatable bonds is 5. The molecule has 36 heavy (non-hydrogen) atoms. The van der Waals surface area contributed by atoms with E-state index in [1.807, 2.05) is 0 Å². The van der Waals surface area contributed by atoms with Crippen molar-refractivity contribution in [3.8, 4) is 11.1 Å². The SMILES string of the molecule is O=c1[nH]c2ccc(-c3ccc(S(=O)(=O)N4CCC(Nc5ccc(C(F)(F)F)cn5)CC4)cc3)cc2o1. The van der Waals surface area contributed by atoms with Gasteiger partial charge in [0.1, 0.15) is 5.82 Å². The number of alkyl halides is 3. The Labute approximate surface area is 203 Å². The van der Waals surface area contributed by atoms with Crippen LogP contribution in [0.2, 0.25) is 0 Å².